The first kappa shape index (κ1) is 18.5. The summed E-state index contributed by atoms with van der Waals surface area (Å²) in [4.78, 5) is 16.6. The Bertz CT molecular complexity index is 756. The third-order valence-corrected chi connectivity index (χ3v) is 4.90. The molecule has 5 nitrogen and oxygen atoms in total. The van der Waals surface area contributed by atoms with E-state index in [1.54, 1.807) is 12.1 Å². The number of nitrogens with two attached hydrogens (primary N) is 1. The zero-order valence-electron chi connectivity index (χ0n) is 15.0. The predicted octanol–water partition coefficient (Wildman–Crippen LogP) is 2.95. The summed E-state index contributed by atoms with van der Waals surface area (Å²) in [6, 6.07) is 13.3. The van der Waals surface area contributed by atoms with Crippen LogP contribution in [0.15, 0.2) is 42.5 Å². The molecule has 2 N–H and O–H groups in total. The summed E-state index contributed by atoms with van der Waals surface area (Å²) in [6.07, 6.45) is 0. The van der Waals surface area contributed by atoms with Gasteiger partial charge in [0.15, 0.2) is 6.61 Å². The fourth-order valence-electron chi connectivity index (χ4n) is 2.98. The number of halogens is 1. The SMILES string of the molecule is Cc1cc(OCC(=O)N2CCN(Cc3ccc(Cl)cc3)CC2)ccc1N. The number of hydrogen-bond donors (Lipinski definition) is 1. The van der Waals surface area contributed by atoms with Crippen LogP contribution in [0.3, 0.4) is 0 Å². The lowest BCUT2D eigenvalue weighted by Crippen LogP contribution is -2.49. The first-order chi connectivity index (χ1) is 12.5. The van der Waals surface area contributed by atoms with Gasteiger partial charge in [-0.25, -0.2) is 0 Å². The fraction of sp³-hybridized carbons (Fsp3) is 0.350. The molecular formula is C20H24ClN3O2. The Morgan fingerprint density at radius 1 is 1.12 bits per heavy atom. The molecule has 2 aromatic rings. The monoisotopic (exact) mass is 373 g/mol. The zero-order chi connectivity index (χ0) is 18.5. The van der Waals surface area contributed by atoms with Crippen LogP contribution in [-0.2, 0) is 11.3 Å². The number of nitrogen functional groups attached to an aromatic ring is 1. The summed E-state index contributed by atoms with van der Waals surface area (Å²) in [5.74, 6) is 0.692. The maximum absolute atomic E-state index is 12.4. The lowest BCUT2D eigenvalue weighted by molar-refractivity contribution is -0.135. The molecule has 0 spiro atoms. The molecule has 1 aliphatic heterocycles. The minimum atomic E-state index is 0.0191. The van der Waals surface area contributed by atoms with Crippen molar-refractivity contribution < 1.29 is 9.53 Å². The summed E-state index contributed by atoms with van der Waals surface area (Å²) >= 11 is 5.92. The molecule has 1 saturated heterocycles. The highest BCUT2D eigenvalue weighted by Crippen LogP contribution is 2.19. The summed E-state index contributed by atoms with van der Waals surface area (Å²) < 4.78 is 5.62. The minimum Gasteiger partial charge on any atom is -0.484 e. The molecule has 26 heavy (non-hydrogen) atoms. The van der Waals surface area contributed by atoms with Gasteiger partial charge in [-0.1, -0.05) is 23.7 Å². The fourth-order valence-corrected chi connectivity index (χ4v) is 3.10. The zero-order valence-corrected chi connectivity index (χ0v) is 15.7. The van der Waals surface area contributed by atoms with Crippen LogP contribution in [0.4, 0.5) is 5.69 Å². The van der Waals surface area contributed by atoms with E-state index in [0.717, 1.165) is 49.0 Å². The van der Waals surface area contributed by atoms with Crippen LogP contribution in [0.1, 0.15) is 11.1 Å². The molecule has 3 rings (SSSR count). The topological polar surface area (TPSA) is 58.8 Å². The van der Waals surface area contributed by atoms with Gasteiger partial charge in [0, 0.05) is 43.4 Å². The molecule has 1 heterocycles. The highest BCUT2D eigenvalue weighted by molar-refractivity contribution is 6.30. The lowest BCUT2D eigenvalue weighted by atomic mass is 10.2. The number of nitrogens with zero attached hydrogens (tertiary/aromatic N) is 2. The van der Waals surface area contributed by atoms with Crippen LogP contribution in [0.25, 0.3) is 0 Å². The van der Waals surface area contributed by atoms with E-state index in [-0.39, 0.29) is 12.5 Å². The number of rotatable bonds is 5. The highest BCUT2D eigenvalue weighted by Gasteiger charge is 2.21. The Morgan fingerprint density at radius 2 is 1.81 bits per heavy atom. The summed E-state index contributed by atoms with van der Waals surface area (Å²) in [6.45, 7) is 6.00. The van der Waals surface area contributed by atoms with E-state index >= 15 is 0 Å². The number of hydrogen-bond acceptors (Lipinski definition) is 4. The van der Waals surface area contributed by atoms with E-state index in [1.165, 1.54) is 5.56 Å². The number of aryl methyl sites for hydroxylation is 1. The average molecular weight is 374 g/mol. The van der Waals surface area contributed by atoms with Crippen LogP contribution in [-0.4, -0.2) is 48.5 Å². The molecule has 0 bridgehead atoms. The second kappa shape index (κ2) is 8.43. The molecule has 1 aliphatic rings. The standard InChI is InChI=1S/C20H24ClN3O2/c1-15-12-18(6-7-19(15)22)26-14-20(25)24-10-8-23(9-11-24)13-16-2-4-17(21)5-3-16/h2-7,12H,8-11,13-14,22H2,1H3. The van der Waals surface area contributed by atoms with Crippen molar-refractivity contribution >= 4 is 23.2 Å². The van der Waals surface area contributed by atoms with E-state index < -0.39 is 0 Å². The highest BCUT2D eigenvalue weighted by atomic mass is 35.5. The van der Waals surface area contributed by atoms with Gasteiger partial charge in [0.2, 0.25) is 0 Å². The van der Waals surface area contributed by atoms with Gasteiger partial charge in [-0.15, -0.1) is 0 Å². The molecule has 138 valence electrons. The van der Waals surface area contributed by atoms with Gasteiger partial charge in [-0.3, -0.25) is 9.69 Å². The molecule has 0 atom stereocenters. The third kappa shape index (κ3) is 4.90. The number of amides is 1. The van der Waals surface area contributed by atoms with Crippen LogP contribution < -0.4 is 10.5 Å². The van der Waals surface area contributed by atoms with Crippen LogP contribution in [0.5, 0.6) is 5.75 Å². The molecule has 0 aliphatic carbocycles. The van der Waals surface area contributed by atoms with E-state index in [0.29, 0.717) is 5.75 Å². The minimum absolute atomic E-state index is 0.0191. The van der Waals surface area contributed by atoms with Crippen LogP contribution >= 0.6 is 11.6 Å². The molecule has 0 saturated carbocycles. The predicted molar refractivity (Wildman–Crippen MR) is 104 cm³/mol. The summed E-state index contributed by atoms with van der Waals surface area (Å²) in [5.41, 5.74) is 8.70. The van der Waals surface area contributed by atoms with Crippen molar-refractivity contribution in [3.8, 4) is 5.75 Å². The van der Waals surface area contributed by atoms with E-state index in [9.17, 15) is 4.79 Å². The Morgan fingerprint density at radius 3 is 2.46 bits per heavy atom. The van der Waals surface area contributed by atoms with E-state index in [1.807, 2.05) is 42.2 Å². The van der Waals surface area contributed by atoms with Crippen molar-refractivity contribution in [1.29, 1.82) is 0 Å². The summed E-state index contributed by atoms with van der Waals surface area (Å²) in [7, 11) is 0. The van der Waals surface area contributed by atoms with Gasteiger partial charge in [0.25, 0.3) is 5.91 Å². The smallest absolute Gasteiger partial charge is 0.260 e. The molecule has 2 aromatic carbocycles. The first-order valence-electron chi connectivity index (χ1n) is 8.75. The Hall–Kier alpha value is -2.24. The number of piperazine rings is 1. The van der Waals surface area contributed by atoms with Crippen LogP contribution in [0.2, 0.25) is 5.02 Å². The van der Waals surface area contributed by atoms with Gasteiger partial charge < -0.3 is 15.4 Å². The van der Waals surface area contributed by atoms with Gasteiger partial charge in [-0.2, -0.15) is 0 Å². The van der Waals surface area contributed by atoms with Gasteiger partial charge in [0.1, 0.15) is 5.75 Å². The second-order valence-electron chi connectivity index (χ2n) is 6.59. The number of benzene rings is 2. The number of ether oxygens (including phenoxy) is 1. The maximum atomic E-state index is 12.4. The van der Waals surface area contributed by atoms with Crippen molar-refractivity contribution in [3.05, 3.63) is 58.6 Å². The van der Waals surface area contributed by atoms with Gasteiger partial charge in [-0.05, 0) is 48.4 Å². The van der Waals surface area contributed by atoms with Crippen molar-refractivity contribution in [3.63, 3.8) is 0 Å². The Balaban J connectivity index is 1.44. The van der Waals surface area contributed by atoms with Crippen molar-refractivity contribution in [2.75, 3.05) is 38.5 Å². The summed E-state index contributed by atoms with van der Waals surface area (Å²) in [5, 5.41) is 0.750. The lowest BCUT2D eigenvalue weighted by Gasteiger charge is -2.34. The quantitative estimate of drug-likeness (QED) is 0.818. The average Bonchev–Trinajstić information content (AvgIpc) is 2.65. The number of anilines is 1. The molecular weight excluding hydrogens is 350 g/mol. The van der Waals surface area contributed by atoms with Gasteiger partial charge in [0.05, 0.1) is 0 Å². The van der Waals surface area contributed by atoms with E-state index in [2.05, 4.69) is 4.90 Å². The van der Waals surface area contributed by atoms with Crippen molar-refractivity contribution in [1.82, 2.24) is 9.80 Å². The van der Waals surface area contributed by atoms with Crippen molar-refractivity contribution in [2.45, 2.75) is 13.5 Å². The van der Waals surface area contributed by atoms with E-state index in [4.69, 9.17) is 22.1 Å². The van der Waals surface area contributed by atoms with Gasteiger partial charge >= 0.3 is 0 Å². The third-order valence-electron chi connectivity index (χ3n) is 4.65. The van der Waals surface area contributed by atoms with Crippen molar-refractivity contribution in [2.24, 2.45) is 0 Å². The largest absolute Gasteiger partial charge is 0.484 e. The molecule has 1 fully saturated rings. The Labute approximate surface area is 159 Å². The normalized spacial score (nSPS) is 15.1. The second-order valence-corrected chi connectivity index (χ2v) is 7.03. The molecule has 0 radical (unpaired) electrons. The molecule has 0 unspecified atom stereocenters. The Kier molecular flexibility index (Phi) is 6.01. The molecule has 0 aromatic heterocycles. The number of carbonyl (C=O) groups is 1. The molecule has 1 amide bonds. The first-order valence-corrected chi connectivity index (χ1v) is 9.12. The number of carbonyl (C=O) groups excluding carboxylic acids is 1. The maximum Gasteiger partial charge on any atom is 0.260 e. The molecule has 6 heteroatoms. The van der Waals surface area contributed by atoms with Crippen LogP contribution in [0, 0.1) is 6.92 Å².